The Bertz CT molecular complexity index is 423. The fourth-order valence-corrected chi connectivity index (χ4v) is 2.55. The van der Waals surface area contributed by atoms with E-state index < -0.39 is 0 Å². The highest BCUT2D eigenvalue weighted by molar-refractivity contribution is 5.28. The van der Waals surface area contributed by atoms with Crippen LogP contribution in [0.4, 0.5) is 0 Å². The number of aryl methyl sites for hydroxylation is 1. The van der Waals surface area contributed by atoms with Crippen LogP contribution in [0.15, 0.2) is 12.3 Å². The molecule has 2 heterocycles. The van der Waals surface area contributed by atoms with Gasteiger partial charge in [-0.15, -0.1) is 0 Å². The molecule has 1 fully saturated rings. The average molecular weight is 246 g/mol. The summed E-state index contributed by atoms with van der Waals surface area (Å²) in [5, 5.41) is 12.4. The minimum Gasteiger partial charge on any atom is -0.342 e. The van der Waals surface area contributed by atoms with Crippen LogP contribution in [0.3, 0.4) is 0 Å². The first kappa shape index (κ1) is 13.1. The predicted octanol–water partition coefficient (Wildman–Crippen LogP) is 1.47. The van der Waals surface area contributed by atoms with Crippen molar-refractivity contribution in [2.75, 3.05) is 19.6 Å². The van der Waals surface area contributed by atoms with Crippen molar-refractivity contribution in [3.8, 4) is 6.07 Å². The zero-order valence-corrected chi connectivity index (χ0v) is 11.3. The summed E-state index contributed by atoms with van der Waals surface area (Å²) < 4.78 is 1.88. The molecule has 1 aliphatic rings. The summed E-state index contributed by atoms with van der Waals surface area (Å²) in [6, 6.07) is 4.64. The molecule has 1 aromatic heterocycles. The van der Waals surface area contributed by atoms with E-state index in [1.807, 2.05) is 23.9 Å². The van der Waals surface area contributed by atoms with Crippen LogP contribution in [0.1, 0.15) is 31.0 Å². The molecule has 0 radical (unpaired) electrons. The van der Waals surface area contributed by atoms with E-state index >= 15 is 0 Å². The number of nitrogens with one attached hydrogen (secondary N) is 1. The van der Waals surface area contributed by atoms with Crippen molar-refractivity contribution in [3.05, 3.63) is 23.5 Å². The van der Waals surface area contributed by atoms with Crippen LogP contribution in [0.2, 0.25) is 0 Å². The highest BCUT2D eigenvalue weighted by Gasteiger charge is 2.14. The zero-order chi connectivity index (χ0) is 13.0. The highest BCUT2D eigenvalue weighted by Crippen LogP contribution is 2.09. The standard InChI is InChI=1S/C14H22N4/c1-12(10-18-5-3-4-6-18)16-9-13-7-14(8-15)17(2)11-13/h7,11-12,16H,3-6,9-10H2,1-2H3. The smallest absolute Gasteiger partial charge is 0.120 e. The van der Waals surface area contributed by atoms with E-state index in [0.29, 0.717) is 6.04 Å². The van der Waals surface area contributed by atoms with E-state index in [-0.39, 0.29) is 0 Å². The number of nitrogens with zero attached hydrogens (tertiary/aromatic N) is 3. The fraction of sp³-hybridized carbons (Fsp3) is 0.643. The van der Waals surface area contributed by atoms with Gasteiger partial charge in [0, 0.05) is 32.4 Å². The van der Waals surface area contributed by atoms with E-state index in [2.05, 4.69) is 23.2 Å². The Labute approximate surface area is 109 Å². The number of rotatable bonds is 5. The summed E-state index contributed by atoms with van der Waals surface area (Å²) >= 11 is 0. The van der Waals surface area contributed by atoms with Crippen LogP contribution in [0.25, 0.3) is 0 Å². The molecule has 0 aliphatic carbocycles. The Kier molecular flexibility index (Phi) is 4.40. The maximum Gasteiger partial charge on any atom is 0.120 e. The Hall–Kier alpha value is -1.31. The molecule has 0 saturated carbocycles. The zero-order valence-electron chi connectivity index (χ0n) is 11.3. The van der Waals surface area contributed by atoms with Crippen LogP contribution in [-0.2, 0) is 13.6 Å². The molecule has 1 N–H and O–H groups in total. The molecule has 98 valence electrons. The van der Waals surface area contributed by atoms with Gasteiger partial charge in [0.25, 0.3) is 0 Å². The summed E-state index contributed by atoms with van der Waals surface area (Å²) in [4.78, 5) is 2.52. The maximum atomic E-state index is 8.90. The van der Waals surface area contributed by atoms with Crippen molar-refractivity contribution in [1.29, 1.82) is 5.26 Å². The maximum absolute atomic E-state index is 8.90. The minimum absolute atomic E-state index is 0.494. The molecule has 2 rings (SSSR count). The number of hydrogen-bond acceptors (Lipinski definition) is 3. The van der Waals surface area contributed by atoms with Crippen molar-refractivity contribution in [1.82, 2.24) is 14.8 Å². The van der Waals surface area contributed by atoms with Gasteiger partial charge in [0.15, 0.2) is 0 Å². The Balaban J connectivity index is 1.77. The van der Waals surface area contributed by atoms with Crippen LogP contribution in [0, 0.1) is 11.3 Å². The summed E-state index contributed by atoms with van der Waals surface area (Å²) in [6.07, 6.45) is 4.71. The lowest BCUT2D eigenvalue weighted by atomic mass is 10.2. The van der Waals surface area contributed by atoms with Crippen molar-refractivity contribution in [2.45, 2.75) is 32.4 Å². The molecule has 1 saturated heterocycles. The van der Waals surface area contributed by atoms with Crippen LogP contribution in [0.5, 0.6) is 0 Å². The molecular formula is C14H22N4. The number of nitriles is 1. The highest BCUT2D eigenvalue weighted by atomic mass is 15.2. The van der Waals surface area contributed by atoms with Crippen molar-refractivity contribution in [3.63, 3.8) is 0 Å². The van der Waals surface area contributed by atoms with E-state index in [0.717, 1.165) is 18.8 Å². The lowest BCUT2D eigenvalue weighted by Gasteiger charge is -2.21. The van der Waals surface area contributed by atoms with E-state index in [1.54, 1.807) is 0 Å². The lowest BCUT2D eigenvalue weighted by Crippen LogP contribution is -2.37. The monoisotopic (exact) mass is 246 g/mol. The van der Waals surface area contributed by atoms with E-state index in [9.17, 15) is 0 Å². The molecule has 1 unspecified atom stereocenters. The molecule has 4 nitrogen and oxygen atoms in total. The second kappa shape index (κ2) is 6.03. The lowest BCUT2D eigenvalue weighted by molar-refractivity contribution is 0.298. The number of likely N-dealkylation sites (tertiary alicyclic amines) is 1. The Morgan fingerprint density at radius 3 is 2.78 bits per heavy atom. The second-order valence-corrected chi connectivity index (χ2v) is 5.25. The Morgan fingerprint density at radius 1 is 1.44 bits per heavy atom. The third-order valence-electron chi connectivity index (χ3n) is 3.56. The van der Waals surface area contributed by atoms with Gasteiger partial charge in [-0.1, -0.05) is 0 Å². The number of hydrogen-bond donors (Lipinski definition) is 1. The minimum atomic E-state index is 0.494. The first-order valence-electron chi connectivity index (χ1n) is 6.70. The van der Waals surface area contributed by atoms with Gasteiger partial charge >= 0.3 is 0 Å². The topological polar surface area (TPSA) is 44.0 Å². The predicted molar refractivity (Wildman–Crippen MR) is 72.1 cm³/mol. The third-order valence-corrected chi connectivity index (χ3v) is 3.56. The normalized spacial score (nSPS) is 17.8. The van der Waals surface area contributed by atoms with Crippen LogP contribution >= 0.6 is 0 Å². The molecule has 0 bridgehead atoms. The first-order chi connectivity index (χ1) is 8.69. The Morgan fingerprint density at radius 2 is 2.17 bits per heavy atom. The third kappa shape index (κ3) is 3.34. The largest absolute Gasteiger partial charge is 0.342 e. The quantitative estimate of drug-likeness (QED) is 0.855. The van der Waals surface area contributed by atoms with Gasteiger partial charge in [-0.05, 0) is 44.5 Å². The van der Waals surface area contributed by atoms with Crippen molar-refractivity contribution in [2.24, 2.45) is 7.05 Å². The fourth-order valence-electron chi connectivity index (χ4n) is 2.55. The van der Waals surface area contributed by atoms with Gasteiger partial charge in [0.1, 0.15) is 11.8 Å². The van der Waals surface area contributed by atoms with Gasteiger partial charge < -0.3 is 14.8 Å². The van der Waals surface area contributed by atoms with Gasteiger partial charge in [-0.3, -0.25) is 0 Å². The summed E-state index contributed by atoms with van der Waals surface area (Å²) in [5.74, 6) is 0. The van der Waals surface area contributed by atoms with Crippen molar-refractivity contribution >= 4 is 0 Å². The van der Waals surface area contributed by atoms with Gasteiger partial charge in [0.05, 0.1) is 0 Å². The van der Waals surface area contributed by atoms with E-state index in [4.69, 9.17) is 5.26 Å². The van der Waals surface area contributed by atoms with Crippen molar-refractivity contribution < 1.29 is 0 Å². The van der Waals surface area contributed by atoms with Crippen LogP contribution < -0.4 is 5.32 Å². The first-order valence-corrected chi connectivity index (χ1v) is 6.70. The molecule has 0 aromatic carbocycles. The molecular weight excluding hydrogens is 224 g/mol. The molecule has 1 aliphatic heterocycles. The molecule has 1 atom stereocenters. The molecule has 4 heteroatoms. The summed E-state index contributed by atoms with van der Waals surface area (Å²) in [5.41, 5.74) is 1.90. The van der Waals surface area contributed by atoms with Gasteiger partial charge in [-0.25, -0.2) is 0 Å². The molecule has 0 amide bonds. The molecule has 18 heavy (non-hydrogen) atoms. The van der Waals surface area contributed by atoms with Gasteiger partial charge in [-0.2, -0.15) is 5.26 Å². The summed E-state index contributed by atoms with van der Waals surface area (Å²) in [6.45, 7) is 6.68. The molecule has 0 spiro atoms. The van der Waals surface area contributed by atoms with Gasteiger partial charge in [0.2, 0.25) is 0 Å². The average Bonchev–Trinajstić information content (AvgIpc) is 2.96. The van der Waals surface area contributed by atoms with Crippen LogP contribution in [-0.4, -0.2) is 35.1 Å². The summed E-state index contributed by atoms with van der Waals surface area (Å²) in [7, 11) is 1.91. The number of aromatic nitrogens is 1. The SMILES string of the molecule is CC(CN1CCCC1)NCc1cc(C#N)n(C)c1. The second-order valence-electron chi connectivity index (χ2n) is 5.25. The van der Waals surface area contributed by atoms with E-state index in [1.165, 1.54) is 31.5 Å². The molecule has 1 aromatic rings.